The number of hydrogen-bond donors (Lipinski definition) is 0. The van der Waals surface area contributed by atoms with Crippen molar-refractivity contribution in [3.8, 4) is 0 Å². The van der Waals surface area contributed by atoms with E-state index in [9.17, 15) is 4.79 Å². The summed E-state index contributed by atoms with van der Waals surface area (Å²) in [5.74, 6) is 0.569. The molecule has 0 bridgehead atoms. The number of piperidine rings is 1. The topological polar surface area (TPSA) is 36.4 Å². The maximum absolute atomic E-state index is 11.9. The summed E-state index contributed by atoms with van der Waals surface area (Å²) >= 11 is 0. The third-order valence-electron chi connectivity index (χ3n) is 3.71. The number of hydrogen-bond acceptors (Lipinski definition) is 3. The molecule has 1 atom stereocenters. The summed E-state index contributed by atoms with van der Waals surface area (Å²) in [6.07, 6.45) is 1.65. The van der Waals surface area contributed by atoms with Crippen molar-refractivity contribution in [2.75, 3.05) is 27.7 Å². The predicted molar refractivity (Wildman–Crippen MR) is 76.0 cm³/mol. The minimum atomic E-state index is 0.243. The quantitative estimate of drug-likeness (QED) is 0.832. The Morgan fingerprint density at radius 1 is 1.42 bits per heavy atom. The highest BCUT2D eigenvalue weighted by Crippen LogP contribution is 2.30. The van der Waals surface area contributed by atoms with E-state index >= 15 is 0 Å². The van der Waals surface area contributed by atoms with Crippen LogP contribution in [0, 0.1) is 6.92 Å². The van der Waals surface area contributed by atoms with Crippen LogP contribution in [0.3, 0.4) is 0 Å². The van der Waals surface area contributed by atoms with Gasteiger partial charge in [-0.1, -0.05) is 6.07 Å². The van der Waals surface area contributed by atoms with E-state index in [-0.39, 0.29) is 5.91 Å². The summed E-state index contributed by atoms with van der Waals surface area (Å²) in [7, 11) is 5.98. The number of carbonyl (C=O) groups excluding carboxylic acids is 1. The minimum absolute atomic E-state index is 0.243. The highest BCUT2D eigenvalue weighted by Gasteiger charge is 2.26. The molecule has 104 valence electrons. The molecule has 1 aliphatic rings. The summed E-state index contributed by atoms with van der Waals surface area (Å²) in [5, 5.41) is 0. The van der Waals surface area contributed by atoms with Crippen molar-refractivity contribution in [3.05, 3.63) is 29.1 Å². The van der Waals surface area contributed by atoms with Crippen LogP contribution in [0.5, 0.6) is 0 Å². The molecule has 0 unspecified atom stereocenters. The third kappa shape index (κ3) is 3.32. The second-order valence-electron chi connectivity index (χ2n) is 5.73. The fraction of sp³-hybridized carbons (Fsp3) is 0.600. The molecule has 1 fully saturated rings. The van der Waals surface area contributed by atoms with Crippen LogP contribution in [0.25, 0.3) is 0 Å². The van der Waals surface area contributed by atoms with Crippen LogP contribution < -0.4 is 0 Å². The van der Waals surface area contributed by atoms with E-state index in [0.717, 1.165) is 30.9 Å². The number of rotatable bonds is 3. The van der Waals surface area contributed by atoms with E-state index in [0.29, 0.717) is 12.3 Å². The average Bonchev–Trinajstić information content (AvgIpc) is 2.32. The van der Waals surface area contributed by atoms with Crippen LogP contribution in [0.1, 0.15) is 35.7 Å². The largest absolute Gasteiger partial charge is 0.346 e. The van der Waals surface area contributed by atoms with Crippen molar-refractivity contribution in [1.82, 2.24) is 14.8 Å². The van der Waals surface area contributed by atoms with Crippen LogP contribution in [-0.2, 0) is 11.3 Å². The summed E-state index contributed by atoms with van der Waals surface area (Å²) < 4.78 is 0. The fourth-order valence-electron chi connectivity index (χ4n) is 2.63. The molecule has 4 nitrogen and oxygen atoms in total. The van der Waals surface area contributed by atoms with Crippen molar-refractivity contribution in [2.24, 2.45) is 0 Å². The average molecular weight is 261 g/mol. The highest BCUT2D eigenvalue weighted by atomic mass is 16.2. The lowest BCUT2D eigenvalue weighted by atomic mass is 9.88. The van der Waals surface area contributed by atoms with Crippen LogP contribution in [0.15, 0.2) is 12.1 Å². The van der Waals surface area contributed by atoms with Crippen molar-refractivity contribution < 1.29 is 4.79 Å². The second-order valence-corrected chi connectivity index (χ2v) is 5.73. The van der Waals surface area contributed by atoms with Gasteiger partial charge in [-0.05, 0) is 45.0 Å². The monoisotopic (exact) mass is 261 g/mol. The number of aromatic nitrogens is 1. The van der Waals surface area contributed by atoms with Gasteiger partial charge in [0.15, 0.2) is 0 Å². The van der Waals surface area contributed by atoms with E-state index < -0.39 is 0 Å². The van der Waals surface area contributed by atoms with Crippen LogP contribution in [-0.4, -0.2) is 48.4 Å². The van der Waals surface area contributed by atoms with Crippen molar-refractivity contribution >= 4 is 5.91 Å². The Labute approximate surface area is 115 Å². The van der Waals surface area contributed by atoms with Crippen LogP contribution >= 0.6 is 0 Å². The molecule has 0 saturated carbocycles. The van der Waals surface area contributed by atoms with Gasteiger partial charge in [-0.25, -0.2) is 0 Å². The molecule has 1 aromatic heterocycles. The lowest BCUT2D eigenvalue weighted by molar-refractivity contribution is -0.132. The first-order chi connectivity index (χ1) is 8.97. The zero-order chi connectivity index (χ0) is 14.0. The van der Waals surface area contributed by atoms with Gasteiger partial charge in [-0.2, -0.15) is 0 Å². The number of pyridine rings is 1. The molecule has 0 aliphatic carbocycles. The molecular formula is C15H23N3O. The highest BCUT2D eigenvalue weighted by molar-refractivity contribution is 5.77. The standard InChI is InChI=1S/C15H23N3O/c1-11-5-6-13(14(16-11)10-17(2)3)12-7-8-18(4)15(19)9-12/h5-6,12H,7-10H2,1-4H3/t12-/m0/s1. The van der Waals surface area contributed by atoms with Gasteiger partial charge in [0.1, 0.15) is 0 Å². The molecule has 2 rings (SSSR count). The zero-order valence-corrected chi connectivity index (χ0v) is 12.3. The smallest absolute Gasteiger partial charge is 0.222 e. The molecule has 0 spiro atoms. The normalized spacial score (nSPS) is 20.2. The van der Waals surface area contributed by atoms with E-state index in [4.69, 9.17) is 0 Å². The summed E-state index contributed by atoms with van der Waals surface area (Å²) in [6.45, 7) is 3.69. The van der Waals surface area contributed by atoms with Crippen molar-refractivity contribution in [2.45, 2.75) is 32.2 Å². The predicted octanol–water partition coefficient (Wildman–Crippen LogP) is 1.79. The maximum atomic E-state index is 11.9. The maximum Gasteiger partial charge on any atom is 0.222 e. The third-order valence-corrected chi connectivity index (χ3v) is 3.71. The molecule has 1 aliphatic heterocycles. The molecule has 1 amide bonds. The number of likely N-dealkylation sites (tertiary alicyclic amines) is 1. The SMILES string of the molecule is Cc1ccc([C@H]2CCN(C)C(=O)C2)c(CN(C)C)n1. The lowest BCUT2D eigenvalue weighted by Gasteiger charge is -2.30. The Bertz CT molecular complexity index is 470. The molecule has 0 N–H and O–H groups in total. The molecule has 2 heterocycles. The molecule has 4 heteroatoms. The molecule has 0 aromatic carbocycles. The van der Waals surface area contributed by atoms with Gasteiger partial charge in [0.2, 0.25) is 5.91 Å². The van der Waals surface area contributed by atoms with E-state index in [1.54, 1.807) is 0 Å². The Morgan fingerprint density at radius 3 is 2.79 bits per heavy atom. The summed E-state index contributed by atoms with van der Waals surface area (Å²) in [5.41, 5.74) is 3.41. The Hall–Kier alpha value is -1.42. The number of amides is 1. The van der Waals surface area contributed by atoms with Gasteiger partial charge in [-0.15, -0.1) is 0 Å². The van der Waals surface area contributed by atoms with Gasteiger partial charge in [-0.3, -0.25) is 9.78 Å². The van der Waals surface area contributed by atoms with Gasteiger partial charge in [0.25, 0.3) is 0 Å². The summed E-state index contributed by atoms with van der Waals surface area (Å²) in [6, 6.07) is 4.21. The van der Waals surface area contributed by atoms with Crippen molar-refractivity contribution in [3.63, 3.8) is 0 Å². The van der Waals surface area contributed by atoms with Gasteiger partial charge in [0.05, 0.1) is 5.69 Å². The first-order valence-corrected chi connectivity index (χ1v) is 6.82. The van der Waals surface area contributed by atoms with E-state index in [1.807, 2.05) is 33.0 Å². The number of carbonyl (C=O) groups is 1. The second kappa shape index (κ2) is 5.70. The van der Waals surface area contributed by atoms with Gasteiger partial charge >= 0.3 is 0 Å². The first kappa shape index (κ1) is 14.0. The van der Waals surface area contributed by atoms with Crippen molar-refractivity contribution in [1.29, 1.82) is 0 Å². The molecule has 19 heavy (non-hydrogen) atoms. The molecule has 0 radical (unpaired) electrons. The van der Waals surface area contributed by atoms with E-state index in [2.05, 4.69) is 22.0 Å². The summed E-state index contributed by atoms with van der Waals surface area (Å²) in [4.78, 5) is 20.5. The Kier molecular flexibility index (Phi) is 4.20. The minimum Gasteiger partial charge on any atom is -0.346 e. The molecule has 1 aromatic rings. The fourth-order valence-corrected chi connectivity index (χ4v) is 2.63. The Morgan fingerprint density at radius 2 is 2.16 bits per heavy atom. The van der Waals surface area contributed by atoms with Gasteiger partial charge < -0.3 is 9.80 Å². The van der Waals surface area contributed by atoms with Gasteiger partial charge in [0, 0.05) is 32.3 Å². The number of nitrogens with zero attached hydrogens (tertiary/aromatic N) is 3. The molecule has 1 saturated heterocycles. The van der Waals surface area contributed by atoms with E-state index in [1.165, 1.54) is 5.56 Å². The lowest BCUT2D eigenvalue weighted by Crippen LogP contribution is -2.35. The molecular weight excluding hydrogens is 238 g/mol. The Balaban J connectivity index is 2.26. The van der Waals surface area contributed by atoms with Crippen LogP contribution in [0.2, 0.25) is 0 Å². The number of aryl methyl sites for hydroxylation is 1. The van der Waals surface area contributed by atoms with Crippen LogP contribution in [0.4, 0.5) is 0 Å². The first-order valence-electron chi connectivity index (χ1n) is 6.82. The zero-order valence-electron chi connectivity index (χ0n) is 12.3.